The Balaban J connectivity index is 0.000000706. The molecule has 12 heteroatoms. The van der Waals surface area contributed by atoms with Crippen molar-refractivity contribution < 1.29 is 28.2 Å². The molecule has 0 amide bonds. The van der Waals surface area contributed by atoms with Crippen LogP contribution >= 0.6 is 7.60 Å². The van der Waals surface area contributed by atoms with E-state index in [4.69, 9.17) is 24.5 Å². The van der Waals surface area contributed by atoms with Crippen molar-refractivity contribution in [3.8, 4) is 0 Å². The van der Waals surface area contributed by atoms with Crippen LogP contribution in [0.2, 0.25) is 0 Å². The van der Waals surface area contributed by atoms with E-state index in [1.165, 1.54) is 26.1 Å². The summed E-state index contributed by atoms with van der Waals surface area (Å²) in [6.45, 7) is 5.71. The first kappa shape index (κ1) is 21.1. The van der Waals surface area contributed by atoms with Crippen LogP contribution in [0.4, 0.5) is 5.95 Å². The van der Waals surface area contributed by atoms with Crippen molar-refractivity contribution in [2.24, 2.45) is 0 Å². The van der Waals surface area contributed by atoms with E-state index in [1.54, 1.807) is 4.57 Å². The number of anilines is 1. The molecule has 4 heterocycles. The zero-order chi connectivity index (χ0) is 20.5. The van der Waals surface area contributed by atoms with Gasteiger partial charge >= 0.3 is 7.60 Å². The van der Waals surface area contributed by atoms with Crippen LogP contribution in [0.3, 0.4) is 0 Å². The fraction of sp³-hybridized carbons (Fsp3) is 0.688. The molecule has 156 valence electrons. The molecular formula is C16H26N5O6P. The van der Waals surface area contributed by atoms with Crippen molar-refractivity contribution in [3.63, 3.8) is 0 Å². The van der Waals surface area contributed by atoms with E-state index in [-0.39, 0.29) is 19.2 Å². The average Bonchev–Trinajstić information content (AvgIpc) is 3.24. The van der Waals surface area contributed by atoms with Crippen molar-refractivity contribution in [2.45, 2.75) is 44.3 Å². The summed E-state index contributed by atoms with van der Waals surface area (Å²) in [6, 6.07) is 0. The Morgan fingerprint density at radius 3 is 2.82 bits per heavy atom. The van der Waals surface area contributed by atoms with Gasteiger partial charge in [-0.2, -0.15) is 4.98 Å². The van der Waals surface area contributed by atoms with Gasteiger partial charge in [-0.3, -0.25) is 13.7 Å². The molecule has 2 aromatic heterocycles. The maximum Gasteiger partial charge on any atom is 0.325 e. The summed E-state index contributed by atoms with van der Waals surface area (Å²) in [6.07, 6.45) is 2.25. The maximum absolute atomic E-state index is 11.8. The number of hydrogen-bond acceptors (Lipinski definition) is 9. The van der Waals surface area contributed by atoms with Crippen molar-refractivity contribution in [1.82, 2.24) is 19.5 Å². The lowest BCUT2D eigenvalue weighted by molar-refractivity contribution is -0.188. The van der Waals surface area contributed by atoms with Crippen LogP contribution in [0.5, 0.6) is 0 Å². The number of fused-ring (bicyclic) bond motifs is 3. The highest BCUT2D eigenvalue weighted by Crippen LogP contribution is 2.52. The fourth-order valence-electron chi connectivity index (χ4n) is 3.36. The topological polar surface area (TPSA) is 144 Å². The van der Waals surface area contributed by atoms with Gasteiger partial charge in [0.2, 0.25) is 5.95 Å². The second-order valence-corrected chi connectivity index (χ2v) is 8.72. The van der Waals surface area contributed by atoms with Gasteiger partial charge in [-0.05, 0) is 0 Å². The van der Waals surface area contributed by atoms with Crippen LogP contribution in [0.15, 0.2) is 12.5 Å². The van der Waals surface area contributed by atoms with E-state index in [0.717, 1.165) is 6.66 Å². The number of nitrogens with two attached hydrogens (primary N) is 1. The van der Waals surface area contributed by atoms with Crippen LogP contribution in [0.25, 0.3) is 11.2 Å². The van der Waals surface area contributed by atoms with Gasteiger partial charge in [-0.15, -0.1) is 0 Å². The van der Waals surface area contributed by atoms with Crippen molar-refractivity contribution in [2.75, 3.05) is 32.7 Å². The minimum absolute atomic E-state index is 0.103. The van der Waals surface area contributed by atoms with Gasteiger partial charge in [-0.25, -0.2) is 9.97 Å². The quantitative estimate of drug-likeness (QED) is 0.686. The van der Waals surface area contributed by atoms with Gasteiger partial charge in [0.25, 0.3) is 0 Å². The van der Waals surface area contributed by atoms with Gasteiger partial charge in [0.15, 0.2) is 11.9 Å². The Bertz CT molecular complexity index is 872. The Hall–Kier alpha value is -1.62. The van der Waals surface area contributed by atoms with Crippen LogP contribution < -0.4 is 5.73 Å². The molecule has 0 radical (unpaired) electrons. The second-order valence-electron chi connectivity index (χ2n) is 6.91. The van der Waals surface area contributed by atoms with E-state index in [2.05, 4.69) is 28.8 Å². The molecule has 2 aliphatic heterocycles. The second kappa shape index (κ2) is 8.02. The number of aromatic nitrogens is 4. The number of ether oxygens (including phenoxy) is 3. The molecule has 2 bridgehead atoms. The van der Waals surface area contributed by atoms with Crippen molar-refractivity contribution in [1.29, 1.82) is 0 Å². The number of nitrogens with zero attached hydrogens (tertiary/aromatic N) is 4. The predicted molar refractivity (Wildman–Crippen MR) is 101 cm³/mol. The number of methoxy groups -OCH3 is 1. The fourth-order valence-corrected chi connectivity index (χ4v) is 4.09. The molecule has 0 aliphatic carbocycles. The number of imidazole rings is 1. The minimum atomic E-state index is -3.76. The van der Waals surface area contributed by atoms with E-state index in [9.17, 15) is 9.46 Å². The van der Waals surface area contributed by atoms with Gasteiger partial charge in [0.1, 0.15) is 23.3 Å². The summed E-state index contributed by atoms with van der Waals surface area (Å²) in [5.41, 5.74) is 5.69. The van der Waals surface area contributed by atoms with E-state index in [0.29, 0.717) is 11.2 Å². The molecule has 0 aromatic carbocycles. The number of nitrogen functional groups attached to an aromatic ring is 1. The normalized spacial score (nSPS) is 30.8. The maximum atomic E-state index is 11.8. The summed E-state index contributed by atoms with van der Waals surface area (Å²) < 4.78 is 36.0. The predicted octanol–water partition coefficient (Wildman–Crippen LogP) is 1.34. The third-order valence-corrected chi connectivity index (χ3v) is 4.90. The highest BCUT2D eigenvalue weighted by atomic mass is 31.2. The van der Waals surface area contributed by atoms with Crippen LogP contribution in [0, 0.1) is 0 Å². The number of hydrogen-bond donors (Lipinski definition) is 2. The van der Waals surface area contributed by atoms with Crippen molar-refractivity contribution in [3.05, 3.63) is 12.5 Å². The molecular weight excluding hydrogens is 389 g/mol. The molecule has 4 rings (SSSR count). The van der Waals surface area contributed by atoms with Crippen LogP contribution in [0.1, 0.15) is 26.5 Å². The lowest BCUT2D eigenvalue weighted by Gasteiger charge is -2.31. The standard InChI is InChI=1S/C13H18N5O6P.C3H8/c1-21-4-13-5-22-8(9(13)24-25(2,19)20)11(23-13)18-6-16-7-3-15-12(14)17-10(7)18;1-3-2/h3,6,8-9,11H,4-5H2,1-2H3,(H,19,20)(H2,14,15,17);3H2,1-2H3/t8?,9?,11?,13-;/m0./s1. The zero-order valence-corrected chi connectivity index (χ0v) is 17.2. The molecule has 0 saturated carbocycles. The molecule has 4 unspecified atom stereocenters. The Morgan fingerprint density at radius 1 is 1.46 bits per heavy atom. The molecule has 5 atom stereocenters. The largest absolute Gasteiger partial charge is 0.381 e. The Kier molecular flexibility index (Phi) is 6.04. The summed E-state index contributed by atoms with van der Waals surface area (Å²) in [5.74, 6) is 0.103. The average molecular weight is 415 g/mol. The van der Waals surface area contributed by atoms with Crippen molar-refractivity contribution >= 4 is 24.7 Å². The third kappa shape index (κ3) is 3.91. The van der Waals surface area contributed by atoms with Gasteiger partial charge in [0, 0.05) is 13.8 Å². The first-order valence-electron chi connectivity index (χ1n) is 8.96. The lowest BCUT2D eigenvalue weighted by atomic mass is 10.0. The molecule has 0 spiro atoms. The van der Waals surface area contributed by atoms with E-state index < -0.39 is 31.6 Å². The summed E-state index contributed by atoms with van der Waals surface area (Å²) in [7, 11) is -2.25. The Labute approximate surface area is 162 Å². The summed E-state index contributed by atoms with van der Waals surface area (Å²) in [5, 5.41) is 0. The molecule has 28 heavy (non-hydrogen) atoms. The first-order chi connectivity index (χ1) is 13.2. The van der Waals surface area contributed by atoms with Crippen LogP contribution in [-0.2, 0) is 23.3 Å². The molecule has 2 saturated heterocycles. The number of rotatable bonds is 5. The molecule has 2 aromatic rings. The first-order valence-corrected chi connectivity index (χ1v) is 11.0. The molecule has 3 N–H and O–H groups in total. The van der Waals surface area contributed by atoms with E-state index >= 15 is 0 Å². The summed E-state index contributed by atoms with van der Waals surface area (Å²) >= 11 is 0. The van der Waals surface area contributed by atoms with Gasteiger partial charge < -0.3 is 24.8 Å². The summed E-state index contributed by atoms with van der Waals surface area (Å²) in [4.78, 5) is 22.0. The third-order valence-electron chi connectivity index (χ3n) is 4.28. The lowest BCUT2D eigenvalue weighted by Crippen LogP contribution is -2.45. The van der Waals surface area contributed by atoms with Gasteiger partial charge in [0.05, 0.1) is 25.7 Å². The highest BCUT2D eigenvalue weighted by molar-refractivity contribution is 7.51. The minimum Gasteiger partial charge on any atom is -0.381 e. The smallest absolute Gasteiger partial charge is 0.325 e. The SMILES string of the molecule is CCC.COC[C@@]12COC(C(n3cnc4cnc(N)nc43)O1)C2OP(C)(=O)O. The van der Waals surface area contributed by atoms with E-state index in [1.807, 2.05) is 0 Å². The highest BCUT2D eigenvalue weighted by Gasteiger charge is 2.64. The molecule has 2 aliphatic rings. The zero-order valence-electron chi connectivity index (χ0n) is 16.3. The molecule has 11 nitrogen and oxygen atoms in total. The monoisotopic (exact) mass is 415 g/mol. The Morgan fingerprint density at radius 2 is 2.18 bits per heavy atom. The van der Waals surface area contributed by atoms with Crippen LogP contribution in [-0.4, -0.2) is 69.2 Å². The molecule has 2 fully saturated rings. The van der Waals surface area contributed by atoms with Gasteiger partial charge in [-0.1, -0.05) is 20.3 Å².